The molecule has 0 aromatic heterocycles. The number of rotatable bonds is 6. The fourth-order valence-corrected chi connectivity index (χ4v) is 1.54. The molecule has 0 aliphatic heterocycles. The molecule has 0 fully saturated rings. The monoisotopic (exact) mass is 252 g/mol. The summed E-state index contributed by atoms with van der Waals surface area (Å²) in [5.74, 6) is 0.706. The molecule has 1 N–H and O–H groups in total. The van der Waals surface area contributed by atoms with Gasteiger partial charge in [0.2, 0.25) is 0 Å². The van der Waals surface area contributed by atoms with Gasteiger partial charge in [0.05, 0.1) is 0 Å². The molecule has 1 aromatic carbocycles. The molecule has 0 spiro atoms. The quantitative estimate of drug-likeness (QED) is 0.788. The molecule has 0 amide bonds. The molecule has 4 nitrogen and oxygen atoms in total. The summed E-state index contributed by atoms with van der Waals surface area (Å²) in [6.45, 7) is 5.53. The molecule has 0 bridgehead atoms. The minimum Gasteiger partial charge on any atom is -0.490 e. The van der Waals surface area contributed by atoms with E-state index in [1.165, 1.54) is 6.92 Å². The van der Waals surface area contributed by atoms with Crippen LogP contribution in [0.1, 0.15) is 32.3 Å². The summed E-state index contributed by atoms with van der Waals surface area (Å²) in [6.07, 6.45) is -0.811. The maximum atomic E-state index is 10.6. The Hall–Kier alpha value is -1.55. The molecule has 1 rings (SSSR count). The van der Waals surface area contributed by atoms with Gasteiger partial charge in [0.1, 0.15) is 25.1 Å². The van der Waals surface area contributed by atoms with E-state index in [0.29, 0.717) is 5.92 Å². The summed E-state index contributed by atoms with van der Waals surface area (Å²) in [4.78, 5) is 10.6. The second-order valence-electron chi connectivity index (χ2n) is 4.46. The first-order chi connectivity index (χ1) is 8.50. The Morgan fingerprint density at radius 3 is 2.56 bits per heavy atom. The van der Waals surface area contributed by atoms with Crippen molar-refractivity contribution in [2.24, 2.45) is 0 Å². The van der Waals surface area contributed by atoms with Gasteiger partial charge in [-0.2, -0.15) is 0 Å². The van der Waals surface area contributed by atoms with Crippen LogP contribution in [0.5, 0.6) is 5.75 Å². The molecule has 0 saturated carbocycles. The Morgan fingerprint density at radius 2 is 1.94 bits per heavy atom. The highest BCUT2D eigenvalue weighted by atomic mass is 16.5. The molecule has 0 aliphatic carbocycles. The predicted octanol–water partition coefficient (Wildman–Crippen LogP) is 2.11. The zero-order valence-electron chi connectivity index (χ0n) is 11.1. The van der Waals surface area contributed by atoms with E-state index < -0.39 is 12.1 Å². The third-order valence-corrected chi connectivity index (χ3v) is 2.45. The van der Waals surface area contributed by atoms with Crippen molar-refractivity contribution in [3.63, 3.8) is 0 Å². The van der Waals surface area contributed by atoms with Crippen LogP contribution in [-0.4, -0.2) is 30.4 Å². The minimum atomic E-state index is -0.811. The average Bonchev–Trinajstić information content (AvgIpc) is 2.34. The van der Waals surface area contributed by atoms with Crippen molar-refractivity contribution in [2.45, 2.75) is 32.8 Å². The molecule has 18 heavy (non-hydrogen) atoms. The normalized spacial score (nSPS) is 12.3. The number of benzene rings is 1. The zero-order chi connectivity index (χ0) is 13.5. The number of hydrogen-bond donors (Lipinski definition) is 1. The van der Waals surface area contributed by atoms with Crippen LogP contribution in [0.3, 0.4) is 0 Å². The molecular weight excluding hydrogens is 232 g/mol. The van der Waals surface area contributed by atoms with Crippen LogP contribution >= 0.6 is 0 Å². The van der Waals surface area contributed by atoms with Crippen LogP contribution in [0, 0.1) is 0 Å². The molecule has 1 atom stereocenters. The molecule has 0 radical (unpaired) electrons. The summed E-state index contributed by atoms with van der Waals surface area (Å²) >= 11 is 0. The molecule has 100 valence electrons. The lowest BCUT2D eigenvalue weighted by molar-refractivity contribution is -0.144. The average molecular weight is 252 g/mol. The fourth-order valence-electron chi connectivity index (χ4n) is 1.54. The van der Waals surface area contributed by atoms with Crippen molar-refractivity contribution in [1.29, 1.82) is 0 Å². The van der Waals surface area contributed by atoms with Gasteiger partial charge < -0.3 is 14.6 Å². The van der Waals surface area contributed by atoms with Crippen molar-refractivity contribution >= 4 is 5.97 Å². The van der Waals surface area contributed by atoms with Crippen LogP contribution < -0.4 is 4.74 Å². The van der Waals surface area contributed by atoms with E-state index in [0.717, 1.165) is 11.3 Å². The first-order valence-corrected chi connectivity index (χ1v) is 6.04. The van der Waals surface area contributed by atoms with E-state index >= 15 is 0 Å². The van der Waals surface area contributed by atoms with Crippen molar-refractivity contribution in [1.82, 2.24) is 0 Å². The summed E-state index contributed by atoms with van der Waals surface area (Å²) in [6, 6.07) is 7.71. The second-order valence-corrected chi connectivity index (χ2v) is 4.46. The summed E-state index contributed by atoms with van der Waals surface area (Å²) in [7, 11) is 0. The molecule has 0 saturated heterocycles. The van der Waals surface area contributed by atoms with Gasteiger partial charge in [0, 0.05) is 6.92 Å². The molecule has 4 heteroatoms. The maximum absolute atomic E-state index is 10.6. The van der Waals surface area contributed by atoms with Gasteiger partial charge in [-0.15, -0.1) is 0 Å². The van der Waals surface area contributed by atoms with Crippen LogP contribution in [-0.2, 0) is 9.53 Å². The summed E-state index contributed by atoms with van der Waals surface area (Å²) < 4.78 is 10.3. The number of ether oxygens (including phenoxy) is 2. The standard InChI is InChI=1S/C14H20O4/c1-10(2)13-6-4-5-7-14(13)18-9-12(16)8-17-11(3)15/h4-7,10,12,16H,8-9H2,1-3H3/t12-/m0/s1. The largest absolute Gasteiger partial charge is 0.490 e. The van der Waals surface area contributed by atoms with Crippen molar-refractivity contribution in [3.8, 4) is 5.75 Å². The number of carbonyl (C=O) groups is 1. The number of carbonyl (C=O) groups excluding carboxylic acids is 1. The van der Waals surface area contributed by atoms with Crippen LogP contribution in [0.2, 0.25) is 0 Å². The third kappa shape index (κ3) is 4.75. The Morgan fingerprint density at radius 1 is 1.28 bits per heavy atom. The molecule has 0 unspecified atom stereocenters. The Balaban J connectivity index is 2.50. The highest BCUT2D eigenvalue weighted by Gasteiger charge is 2.10. The first-order valence-electron chi connectivity index (χ1n) is 6.04. The minimum absolute atomic E-state index is 0.0425. The third-order valence-electron chi connectivity index (χ3n) is 2.45. The van der Waals surface area contributed by atoms with Gasteiger partial charge in [0.25, 0.3) is 0 Å². The van der Waals surface area contributed by atoms with Crippen LogP contribution in [0.4, 0.5) is 0 Å². The van der Waals surface area contributed by atoms with E-state index in [4.69, 9.17) is 9.47 Å². The van der Waals surface area contributed by atoms with Crippen molar-refractivity contribution in [2.75, 3.05) is 13.2 Å². The molecule has 0 aliphatic rings. The van der Waals surface area contributed by atoms with Gasteiger partial charge >= 0.3 is 5.97 Å². The number of aliphatic hydroxyl groups excluding tert-OH is 1. The lowest BCUT2D eigenvalue weighted by Gasteiger charge is -2.16. The SMILES string of the molecule is CC(=O)OC[C@H](O)COc1ccccc1C(C)C. The molecule has 0 heterocycles. The Labute approximate surface area is 108 Å². The number of aliphatic hydroxyl groups is 1. The summed E-state index contributed by atoms with van der Waals surface area (Å²) in [5, 5.41) is 9.59. The van der Waals surface area contributed by atoms with E-state index in [2.05, 4.69) is 13.8 Å². The van der Waals surface area contributed by atoms with Gasteiger partial charge in [0.15, 0.2) is 0 Å². The van der Waals surface area contributed by atoms with Crippen LogP contribution in [0.15, 0.2) is 24.3 Å². The Bertz CT molecular complexity index is 387. The smallest absolute Gasteiger partial charge is 0.302 e. The van der Waals surface area contributed by atoms with Crippen molar-refractivity contribution in [3.05, 3.63) is 29.8 Å². The first kappa shape index (κ1) is 14.5. The highest BCUT2D eigenvalue weighted by Crippen LogP contribution is 2.25. The lowest BCUT2D eigenvalue weighted by atomic mass is 10.0. The molecule has 1 aromatic rings. The number of para-hydroxylation sites is 1. The van der Waals surface area contributed by atoms with Gasteiger partial charge in [-0.3, -0.25) is 4.79 Å². The van der Waals surface area contributed by atoms with E-state index in [-0.39, 0.29) is 13.2 Å². The number of hydrogen-bond acceptors (Lipinski definition) is 4. The van der Waals surface area contributed by atoms with E-state index in [1.54, 1.807) is 0 Å². The van der Waals surface area contributed by atoms with E-state index in [1.807, 2.05) is 24.3 Å². The van der Waals surface area contributed by atoms with Gasteiger partial charge in [-0.05, 0) is 17.5 Å². The summed E-state index contributed by atoms with van der Waals surface area (Å²) in [5.41, 5.74) is 1.09. The lowest BCUT2D eigenvalue weighted by Crippen LogP contribution is -2.24. The Kier molecular flexibility index (Phi) is 5.65. The second kappa shape index (κ2) is 7.01. The predicted molar refractivity (Wildman–Crippen MR) is 68.7 cm³/mol. The molecular formula is C14H20O4. The highest BCUT2D eigenvalue weighted by molar-refractivity contribution is 5.65. The van der Waals surface area contributed by atoms with Gasteiger partial charge in [-0.1, -0.05) is 32.0 Å². The van der Waals surface area contributed by atoms with Crippen LogP contribution in [0.25, 0.3) is 0 Å². The number of esters is 1. The maximum Gasteiger partial charge on any atom is 0.302 e. The fraction of sp³-hybridized carbons (Fsp3) is 0.500. The zero-order valence-corrected chi connectivity index (χ0v) is 11.1. The van der Waals surface area contributed by atoms with E-state index in [9.17, 15) is 9.90 Å². The topological polar surface area (TPSA) is 55.8 Å². The van der Waals surface area contributed by atoms with Crippen molar-refractivity contribution < 1.29 is 19.4 Å². The van der Waals surface area contributed by atoms with Gasteiger partial charge in [-0.25, -0.2) is 0 Å².